The summed E-state index contributed by atoms with van der Waals surface area (Å²) in [5.41, 5.74) is 7.17. The summed E-state index contributed by atoms with van der Waals surface area (Å²) < 4.78 is 17.6. The second kappa shape index (κ2) is 12.9. The van der Waals surface area contributed by atoms with E-state index in [-0.39, 0.29) is 30.7 Å². The summed E-state index contributed by atoms with van der Waals surface area (Å²) in [6, 6.07) is 2.90. The quantitative estimate of drug-likeness (QED) is 0.0930. The second-order valence-electron chi connectivity index (χ2n) is 15.4. The maximum Gasteiger partial charge on any atom is 0.415 e. The van der Waals surface area contributed by atoms with Gasteiger partial charge < -0.3 is 35.5 Å². The Morgan fingerprint density at radius 2 is 1.98 bits per heavy atom. The number of amidine groups is 1. The van der Waals surface area contributed by atoms with Gasteiger partial charge in [-0.25, -0.2) is 4.79 Å². The summed E-state index contributed by atoms with van der Waals surface area (Å²) in [6.07, 6.45) is 3.73. The number of hydrogen-bond donors (Lipinski definition) is 3. The first-order chi connectivity index (χ1) is 23.2. The fraction of sp³-hybridized carbons (Fsp3) is 0.667. The minimum atomic E-state index is -0.933. The highest BCUT2D eigenvalue weighted by atomic mass is 16.6. The van der Waals surface area contributed by atoms with Crippen molar-refractivity contribution < 1.29 is 38.2 Å². The van der Waals surface area contributed by atoms with E-state index >= 15 is 0 Å². The molecule has 4 N–H and O–H groups in total. The van der Waals surface area contributed by atoms with Gasteiger partial charge in [0.25, 0.3) is 0 Å². The minimum absolute atomic E-state index is 0.0959. The number of carbonyl (C=O) groups is 5. The number of ketones is 1. The Bertz CT molecular complexity index is 1580. The number of fused-ring (bicyclic) bond motifs is 1. The third-order valence-electron chi connectivity index (χ3n) is 10.9. The Morgan fingerprint density at radius 1 is 1.20 bits per heavy atom. The molecule has 3 fully saturated rings. The fourth-order valence-corrected chi connectivity index (χ4v) is 9.03. The standard InChI is InChI=1S/C36H49N5O8/c1-6-41(15-14-39-32(45)24(8-7-13-38-20(2)37)40-27(43)16-28(44)49-34(3,4)5)33(46)47-26-12-9-21-17-35-18-23(35)22-10-11-25(42)31-36(22,19-35)29(21)30(26)48-31/h9,12,22-24,31H,6-8,10-11,13-19H2,1-5H3,(H2,37,38)(H,39,45)(H,40,43)/t22?,23-,24-,31-,35?,36-/m0/s1. The van der Waals surface area contributed by atoms with Crippen molar-refractivity contribution in [3.63, 3.8) is 0 Å². The number of amides is 3. The number of aliphatic imine (C=N–C) groups is 1. The monoisotopic (exact) mass is 679 g/mol. The zero-order valence-electron chi connectivity index (χ0n) is 29.2. The number of benzene rings is 1. The van der Waals surface area contributed by atoms with Crippen molar-refractivity contribution in [3.05, 3.63) is 23.3 Å². The zero-order chi connectivity index (χ0) is 35.3. The molecule has 5 aliphatic rings. The molecule has 2 bridgehead atoms. The normalized spacial score (nSPS) is 27.7. The van der Waals surface area contributed by atoms with E-state index in [9.17, 15) is 24.0 Å². The highest BCUT2D eigenvalue weighted by Crippen LogP contribution is 2.81. The van der Waals surface area contributed by atoms with E-state index in [0.29, 0.717) is 60.5 Å². The van der Waals surface area contributed by atoms with E-state index in [0.717, 1.165) is 24.8 Å². The van der Waals surface area contributed by atoms with Crippen LogP contribution in [0.4, 0.5) is 4.79 Å². The van der Waals surface area contributed by atoms with Crippen molar-refractivity contribution in [2.75, 3.05) is 26.2 Å². The maximum atomic E-state index is 13.4. The lowest BCUT2D eigenvalue weighted by Gasteiger charge is -2.44. The van der Waals surface area contributed by atoms with Crippen molar-refractivity contribution >= 4 is 35.5 Å². The van der Waals surface area contributed by atoms with E-state index in [1.807, 2.05) is 13.0 Å². The topological polar surface area (TPSA) is 179 Å². The number of hydrogen-bond acceptors (Lipinski definition) is 9. The molecule has 266 valence electrons. The molecule has 13 heteroatoms. The van der Waals surface area contributed by atoms with Crippen LogP contribution in [-0.4, -0.2) is 84.3 Å². The first-order valence-corrected chi connectivity index (χ1v) is 17.6. The van der Waals surface area contributed by atoms with Gasteiger partial charge in [0.1, 0.15) is 18.1 Å². The van der Waals surface area contributed by atoms with Gasteiger partial charge in [-0.3, -0.25) is 24.2 Å². The van der Waals surface area contributed by atoms with Crippen LogP contribution in [0.3, 0.4) is 0 Å². The fourth-order valence-electron chi connectivity index (χ4n) is 9.03. The molecule has 1 heterocycles. The van der Waals surface area contributed by atoms with E-state index in [1.54, 1.807) is 33.8 Å². The molecule has 6 rings (SSSR count). The van der Waals surface area contributed by atoms with Gasteiger partial charge in [0, 0.05) is 43.6 Å². The molecule has 2 unspecified atom stereocenters. The summed E-state index contributed by atoms with van der Waals surface area (Å²) >= 11 is 0. The van der Waals surface area contributed by atoms with Gasteiger partial charge in [-0.05, 0) is 102 Å². The zero-order valence-corrected chi connectivity index (χ0v) is 29.2. The lowest BCUT2D eigenvalue weighted by Crippen LogP contribution is -2.52. The molecule has 1 aromatic carbocycles. The number of carbonyl (C=O) groups excluding carboxylic acids is 5. The Kier molecular flexibility index (Phi) is 9.16. The molecule has 1 aliphatic heterocycles. The highest BCUT2D eigenvalue weighted by molar-refractivity contribution is 5.97. The number of rotatable bonds is 13. The van der Waals surface area contributed by atoms with Gasteiger partial charge in [0.15, 0.2) is 23.4 Å². The molecular weight excluding hydrogens is 630 g/mol. The molecule has 0 radical (unpaired) electrons. The van der Waals surface area contributed by atoms with Gasteiger partial charge in [0.2, 0.25) is 11.8 Å². The van der Waals surface area contributed by atoms with Crippen LogP contribution in [-0.2, 0) is 35.8 Å². The molecule has 1 aromatic rings. The molecule has 3 saturated carbocycles. The van der Waals surface area contributed by atoms with E-state index < -0.39 is 48.0 Å². The first-order valence-electron chi connectivity index (χ1n) is 17.6. The number of nitrogens with zero attached hydrogens (tertiary/aromatic N) is 2. The van der Waals surface area contributed by atoms with Gasteiger partial charge in [0.05, 0.1) is 5.84 Å². The van der Waals surface area contributed by atoms with Crippen molar-refractivity contribution in [3.8, 4) is 11.5 Å². The number of ether oxygens (including phenoxy) is 3. The van der Waals surface area contributed by atoms with E-state index in [4.69, 9.17) is 19.9 Å². The minimum Gasteiger partial charge on any atom is -0.477 e. The van der Waals surface area contributed by atoms with E-state index in [2.05, 4.69) is 15.6 Å². The summed E-state index contributed by atoms with van der Waals surface area (Å²) in [6.45, 7) is 9.53. The lowest BCUT2D eigenvalue weighted by molar-refractivity contribution is -0.156. The molecule has 49 heavy (non-hydrogen) atoms. The average Bonchev–Trinajstić information content (AvgIpc) is 3.45. The van der Waals surface area contributed by atoms with Crippen LogP contribution in [0.25, 0.3) is 0 Å². The number of nitrogens with two attached hydrogens (primary N) is 1. The number of Topliss-reactive ketones (excluding diaryl/α,β-unsaturated/α-hetero) is 1. The highest BCUT2D eigenvalue weighted by Gasteiger charge is 2.78. The third kappa shape index (κ3) is 6.60. The first kappa shape index (κ1) is 34.7. The molecule has 13 nitrogen and oxygen atoms in total. The van der Waals surface area contributed by atoms with Crippen LogP contribution in [0.2, 0.25) is 0 Å². The predicted octanol–water partition coefficient (Wildman–Crippen LogP) is 2.94. The van der Waals surface area contributed by atoms with Crippen LogP contribution in [0.5, 0.6) is 11.5 Å². The summed E-state index contributed by atoms with van der Waals surface area (Å²) in [5.74, 6) is 0.700. The molecular formula is C36H49N5O8. The van der Waals surface area contributed by atoms with Gasteiger partial charge in [-0.15, -0.1) is 0 Å². The van der Waals surface area contributed by atoms with Crippen LogP contribution in [0.1, 0.15) is 90.7 Å². The third-order valence-corrected chi connectivity index (χ3v) is 10.9. The Labute approximate surface area is 287 Å². The molecule has 3 amide bonds. The Morgan fingerprint density at radius 3 is 2.69 bits per heavy atom. The number of esters is 1. The lowest BCUT2D eigenvalue weighted by atomic mass is 9.58. The van der Waals surface area contributed by atoms with Crippen molar-refractivity contribution in [1.29, 1.82) is 0 Å². The van der Waals surface area contributed by atoms with Crippen molar-refractivity contribution in [1.82, 2.24) is 15.5 Å². The van der Waals surface area contributed by atoms with Gasteiger partial charge in [-0.1, -0.05) is 6.07 Å². The van der Waals surface area contributed by atoms with Crippen molar-refractivity contribution in [2.45, 2.75) is 109 Å². The van der Waals surface area contributed by atoms with E-state index in [1.165, 1.54) is 16.9 Å². The molecule has 4 aliphatic carbocycles. The largest absolute Gasteiger partial charge is 0.477 e. The summed E-state index contributed by atoms with van der Waals surface area (Å²) in [5, 5.41) is 5.43. The van der Waals surface area contributed by atoms with Crippen LogP contribution in [0.15, 0.2) is 17.1 Å². The summed E-state index contributed by atoms with van der Waals surface area (Å²) in [4.78, 5) is 70.2. The average molecular weight is 680 g/mol. The molecule has 6 atom stereocenters. The molecule has 0 saturated heterocycles. The van der Waals surface area contributed by atoms with Gasteiger partial charge in [-0.2, -0.15) is 0 Å². The number of likely N-dealkylation sites (N-methyl/N-ethyl adjacent to an activating group) is 1. The van der Waals surface area contributed by atoms with Crippen LogP contribution >= 0.6 is 0 Å². The Balaban J connectivity index is 1.07. The number of nitrogens with one attached hydrogen (secondary N) is 2. The SMILES string of the molecule is CCN(CCNC(=O)[C@H](CCCN=C(C)N)NC(=O)CC(=O)OC(C)(C)C)C(=O)Oc1ccc2c3c1O[C@H]1C(=O)CCC4[C@@H]5CC5(C2)C[C@@]341. The van der Waals surface area contributed by atoms with Crippen molar-refractivity contribution in [2.24, 2.45) is 28.0 Å². The maximum absolute atomic E-state index is 13.4. The smallest absolute Gasteiger partial charge is 0.415 e. The predicted molar refractivity (Wildman–Crippen MR) is 179 cm³/mol. The van der Waals surface area contributed by atoms with Crippen LogP contribution in [0, 0.1) is 17.3 Å². The summed E-state index contributed by atoms with van der Waals surface area (Å²) in [7, 11) is 0. The Hall–Kier alpha value is -4.16. The van der Waals surface area contributed by atoms with Crippen LogP contribution < -0.4 is 25.8 Å². The molecule has 2 spiro atoms. The second-order valence-corrected chi connectivity index (χ2v) is 15.4. The van der Waals surface area contributed by atoms with Gasteiger partial charge >= 0.3 is 12.1 Å². The molecule has 0 aromatic heterocycles.